The molecule has 0 aromatic carbocycles. The molecule has 0 radical (unpaired) electrons. The molecule has 1 aliphatic carbocycles. The van der Waals surface area contributed by atoms with Crippen molar-refractivity contribution in [3.63, 3.8) is 0 Å². The lowest BCUT2D eigenvalue weighted by molar-refractivity contribution is 0.388. The molecule has 17 heavy (non-hydrogen) atoms. The van der Waals surface area contributed by atoms with Crippen LogP contribution in [0, 0.1) is 0 Å². The van der Waals surface area contributed by atoms with Gasteiger partial charge in [-0.25, -0.2) is 4.98 Å². The van der Waals surface area contributed by atoms with Crippen molar-refractivity contribution in [1.82, 2.24) is 9.55 Å². The second-order valence-electron chi connectivity index (χ2n) is 6.19. The fourth-order valence-corrected chi connectivity index (χ4v) is 2.35. The van der Waals surface area contributed by atoms with E-state index in [2.05, 4.69) is 32.3 Å². The predicted octanol–water partition coefficient (Wildman–Crippen LogP) is 3.44. The second kappa shape index (κ2) is 4.35. The van der Waals surface area contributed by atoms with E-state index >= 15 is 0 Å². The number of anilines is 1. The summed E-state index contributed by atoms with van der Waals surface area (Å²) >= 11 is 0. The summed E-state index contributed by atoms with van der Waals surface area (Å²) in [5.74, 6) is 2.78. The summed E-state index contributed by atoms with van der Waals surface area (Å²) in [4.78, 5) is 4.81. The molecular formula is C14H25N3. The summed E-state index contributed by atoms with van der Waals surface area (Å²) in [5.41, 5.74) is 7.45. The van der Waals surface area contributed by atoms with E-state index in [1.807, 2.05) is 0 Å². The van der Waals surface area contributed by atoms with Crippen LogP contribution < -0.4 is 5.73 Å². The van der Waals surface area contributed by atoms with Crippen LogP contribution in [0.3, 0.4) is 0 Å². The Hall–Kier alpha value is -0.990. The van der Waals surface area contributed by atoms with Gasteiger partial charge in [-0.2, -0.15) is 0 Å². The molecule has 0 spiro atoms. The Labute approximate surface area is 104 Å². The molecule has 3 nitrogen and oxygen atoms in total. The fraction of sp³-hybridized carbons (Fsp3) is 0.786. The van der Waals surface area contributed by atoms with E-state index in [1.165, 1.54) is 31.5 Å². The van der Waals surface area contributed by atoms with Crippen molar-refractivity contribution < 1.29 is 0 Å². The molecule has 1 fully saturated rings. The quantitative estimate of drug-likeness (QED) is 0.868. The lowest BCUT2D eigenvalue weighted by Gasteiger charge is -2.25. The standard InChI is InChI=1S/C14H25N3/c1-5-6-7-11-12(15)17(14(2,3)4)13(16-11)10-8-9-10/h10H,5-9,15H2,1-4H3. The van der Waals surface area contributed by atoms with E-state index in [1.54, 1.807) is 0 Å². The minimum Gasteiger partial charge on any atom is -0.384 e. The predicted molar refractivity (Wildman–Crippen MR) is 72.2 cm³/mol. The zero-order valence-electron chi connectivity index (χ0n) is 11.6. The number of imidazole rings is 1. The third-order valence-electron chi connectivity index (χ3n) is 3.40. The number of aryl methyl sites for hydroxylation is 1. The van der Waals surface area contributed by atoms with Gasteiger partial charge in [-0.1, -0.05) is 13.3 Å². The van der Waals surface area contributed by atoms with Gasteiger partial charge in [-0.3, -0.25) is 0 Å². The van der Waals surface area contributed by atoms with Gasteiger partial charge in [0, 0.05) is 11.5 Å². The molecular weight excluding hydrogens is 210 g/mol. The number of hydrogen-bond acceptors (Lipinski definition) is 2. The Kier molecular flexibility index (Phi) is 3.19. The van der Waals surface area contributed by atoms with Crippen LogP contribution >= 0.6 is 0 Å². The maximum atomic E-state index is 6.30. The molecule has 0 bridgehead atoms. The van der Waals surface area contributed by atoms with Crippen molar-refractivity contribution in [3.8, 4) is 0 Å². The van der Waals surface area contributed by atoms with Crippen molar-refractivity contribution >= 4 is 5.82 Å². The van der Waals surface area contributed by atoms with Gasteiger partial charge in [0.1, 0.15) is 11.6 Å². The number of unbranched alkanes of at least 4 members (excludes halogenated alkanes) is 1. The first-order valence-electron chi connectivity index (χ1n) is 6.82. The first-order valence-corrected chi connectivity index (χ1v) is 6.82. The molecule has 3 heteroatoms. The molecule has 0 saturated heterocycles. The minimum absolute atomic E-state index is 0.0411. The lowest BCUT2D eigenvalue weighted by atomic mass is 10.1. The van der Waals surface area contributed by atoms with E-state index in [9.17, 15) is 0 Å². The van der Waals surface area contributed by atoms with Crippen LogP contribution in [0.4, 0.5) is 5.82 Å². The third kappa shape index (κ3) is 2.48. The highest BCUT2D eigenvalue weighted by molar-refractivity contribution is 5.41. The zero-order valence-corrected chi connectivity index (χ0v) is 11.6. The van der Waals surface area contributed by atoms with Crippen LogP contribution in [0.15, 0.2) is 0 Å². The summed E-state index contributed by atoms with van der Waals surface area (Å²) in [6.45, 7) is 8.83. The molecule has 1 saturated carbocycles. The van der Waals surface area contributed by atoms with Gasteiger partial charge >= 0.3 is 0 Å². The van der Waals surface area contributed by atoms with Crippen LogP contribution in [0.2, 0.25) is 0 Å². The van der Waals surface area contributed by atoms with E-state index in [-0.39, 0.29) is 5.54 Å². The van der Waals surface area contributed by atoms with Crippen molar-refractivity contribution in [2.45, 2.75) is 71.3 Å². The van der Waals surface area contributed by atoms with Crippen LogP contribution in [0.25, 0.3) is 0 Å². The van der Waals surface area contributed by atoms with Gasteiger partial charge in [0.2, 0.25) is 0 Å². The van der Waals surface area contributed by atoms with Crippen molar-refractivity contribution in [1.29, 1.82) is 0 Å². The van der Waals surface area contributed by atoms with Crippen LogP contribution in [-0.4, -0.2) is 9.55 Å². The van der Waals surface area contributed by atoms with E-state index in [0.29, 0.717) is 5.92 Å². The molecule has 96 valence electrons. The smallest absolute Gasteiger partial charge is 0.127 e. The van der Waals surface area contributed by atoms with E-state index < -0.39 is 0 Å². The highest BCUT2D eigenvalue weighted by atomic mass is 15.2. The number of rotatable bonds is 4. The molecule has 2 N–H and O–H groups in total. The van der Waals surface area contributed by atoms with Gasteiger partial charge in [0.25, 0.3) is 0 Å². The van der Waals surface area contributed by atoms with E-state index in [4.69, 9.17) is 10.7 Å². The molecule has 0 atom stereocenters. The number of nitrogens with two attached hydrogens (primary N) is 1. The highest BCUT2D eigenvalue weighted by Crippen LogP contribution is 2.42. The fourth-order valence-electron chi connectivity index (χ4n) is 2.35. The summed E-state index contributed by atoms with van der Waals surface area (Å²) in [6.07, 6.45) is 5.95. The topological polar surface area (TPSA) is 43.8 Å². The Morgan fingerprint density at radius 1 is 1.35 bits per heavy atom. The summed E-state index contributed by atoms with van der Waals surface area (Å²) in [5, 5.41) is 0. The van der Waals surface area contributed by atoms with Crippen molar-refractivity contribution in [2.75, 3.05) is 5.73 Å². The molecule has 0 aliphatic heterocycles. The maximum absolute atomic E-state index is 6.30. The first-order chi connectivity index (χ1) is 7.95. The van der Waals surface area contributed by atoms with Crippen molar-refractivity contribution in [3.05, 3.63) is 11.5 Å². The van der Waals surface area contributed by atoms with Gasteiger partial charge in [0.05, 0.1) is 5.69 Å². The molecule has 0 unspecified atom stereocenters. The maximum Gasteiger partial charge on any atom is 0.127 e. The second-order valence-corrected chi connectivity index (χ2v) is 6.19. The number of hydrogen-bond donors (Lipinski definition) is 1. The molecule has 1 heterocycles. The normalized spacial score (nSPS) is 16.5. The Bertz CT molecular complexity index is 394. The molecule has 0 amide bonds. The Morgan fingerprint density at radius 2 is 2.00 bits per heavy atom. The number of nitrogen functional groups attached to an aromatic ring is 1. The summed E-state index contributed by atoms with van der Waals surface area (Å²) < 4.78 is 2.26. The Balaban J connectivity index is 2.37. The summed E-state index contributed by atoms with van der Waals surface area (Å²) in [7, 11) is 0. The average molecular weight is 235 g/mol. The molecule has 2 rings (SSSR count). The van der Waals surface area contributed by atoms with Gasteiger partial charge in [-0.05, 0) is 46.5 Å². The molecule has 1 aromatic rings. The Morgan fingerprint density at radius 3 is 2.47 bits per heavy atom. The van der Waals surface area contributed by atoms with Crippen molar-refractivity contribution in [2.24, 2.45) is 0 Å². The summed E-state index contributed by atoms with van der Waals surface area (Å²) in [6, 6.07) is 0. The molecule has 1 aromatic heterocycles. The zero-order chi connectivity index (χ0) is 12.6. The van der Waals surface area contributed by atoms with E-state index in [0.717, 1.165) is 17.9 Å². The van der Waals surface area contributed by atoms with Crippen LogP contribution in [0.5, 0.6) is 0 Å². The largest absolute Gasteiger partial charge is 0.384 e. The monoisotopic (exact) mass is 235 g/mol. The van der Waals surface area contributed by atoms with Crippen LogP contribution in [-0.2, 0) is 12.0 Å². The SMILES string of the molecule is CCCCc1nc(C2CC2)n(C(C)(C)C)c1N. The van der Waals surface area contributed by atoms with Gasteiger partial charge in [-0.15, -0.1) is 0 Å². The molecule has 1 aliphatic rings. The van der Waals surface area contributed by atoms with Gasteiger partial charge in [0.15, 0.2) is 0 Å². The first kappa shape index (κ1) is 12.5. The van der Waals surface area contributed by atoms with Crippen LogP contribution in [0.1, 0.15) is 70.8 Å². The number of nitrogens with zero attached hydrogens (tertiary/aromatic N) is 2. The third-order valence-corrected chi connectivity index (χ3v) is 3.40. The number of aromatic nitrogens is 2. The minimum atomic E-state index is 0.0411. The average Bonchev–Trinajstić information content (AvgIpc) is 2.99. The lowest BCUT2D eigenvalue weighted by Crippen LogP contribution is -2.25. The highest BCUT2D eigenvalue weighted by Gasteiger charge is 2.33. The van der Waals surface area contributed by atoms with Gasteiger partial charge < -0.3 is 10.3 Å².